The van der Waals surface area contributed by atoms with E-state index >= 15 is 0 Å². The Hall–Kier alpha value is -2.28. The fourth-order valence-electron chi connectivity index (χ4n) is 1.91. The first-order chi connectivity index (χ1) is 9.83. The molecule has 6 nitrogen and oxygen atoms in total. The van der Waals surface area contributed by atoms with E-state index in [2.05, 4.69) is 25.5 Å². The monoisotopic (exact) mass is 287 g/mol. The Morgan fingerprint density at radius 1 is 1.35 bits per heavy atom. The molecule has 3 rings (SSSR count). The Kier molecular flexibility index (Phi) is 3.69. The second-order valence-corrected chi connectivity index (χ2v) is 5.21. The molecule has 0 fully saturated rings. The largest absolute Gasteiger partial charge is 0.352 e. The summed E-state index contributed by atoms with van der Waals surface area (Å²) in [4.78, 5) is 20.2. The van der Waals surface area contributed by atoms with E-state index in [0.717, 1.165) is 28.9 Å². The van der Waals surface area contributed by atoms with Gasteiger partial charge in [-0.25, -0.2) is 9.97 Å². The van der Waals surface area contributed by atoms with Crippen LogP contribution in [-0.2, 0) is 6.42 Å². The third kappa shape index (κ3) is 2.83. The number of carbonyl (C=O) groups is 1. The molecule has 0 radical (unpaired) electrons. The molecule has 3 aromatic rings. The lowest BCUT2D eigenvalue weighted by atomic mass is 10.2. The van der Waals surface area contributed by atoms with Crippen LogP contribution in [0.2, 0.25) is 0 Å². The average molecular weight is 287 g/mol. The molecule has 0 saturated carbocycles. The predicted octanol–water partition coefficient (Wildman–Crippen LogP) is 1.78. The zero-order valence-electron chi connectivity index (χ0n) is 10.7. The molecule has 2 heterocycles. The molecule has 0 saturated heterocycles. The maximum atomic E-state index is 12.0. The minimum atomic E-state index is -0.0575. The summed E-state index contributed by atoms with van der Waals surface area (Å²) in [7, 11) is 0. The molecule has 1 aromatic carbocycles. The van der Waals surface area contributed by atoms with Crippen LogP contribution in [0.1, 0.15) is 22.6 Å². The van der Waals surface area contributed by atoms with Gasteiger partial charge in [0.25, 0.3) is 5.91 Å². The van der Waals surface area contributed by atoms with Crippen molar-refractivity contribution in [2.75, 3.05) is 6.54 Å². The van der Waals surface area contributed by atoms with Crippen molar-refractivity contribution < 1.29 is 4.79 Å². The minimum Gasteiger partial charge on any atom is -0.352 e. The van der Waals surface area contributed by atoms with Crippen LogP contribution in [-0.4, -0.2) is 32.6 Å². The first-order valence-electron chi connectivity index (χ1n) is 6.28. The molecule has 1 amide bonds. The van der Waals surface area contributed by atoms with Gasteiger partial charge in [0.2, 0.25) is 0 Å². The Morgan fingerprint density at radius 2 is 2.30 bits per heavy atom. The number of carbonyl (C=O) groups excluding carboxylic acids is 1. The van der Waals surface area contributed by atoms with Crippen LogP contribution in [0.3, 0.4) is 0 Å². The first kappa shape index (κ1) is 12.7. The summed E-state index contributed by atoms with van der Waals surface area (Å²) in [6.07, 6.45) is 3.08. The van der Waals surface area contributed by atoms with Gasteiger partial charge in [0.15, 0.2) is 0 Å². The number of aromatic nitrogens is 4. The highest BCUT2D eigenvalue weighted by atomic mass is 32.1. The third-order valence-corrected chi connectivity index (χ3v) is 3.73. The van der Waals surface area contributed by atoms with E-state index in [-0.39, 0.29) is 5.91 Å². The third-order valence-electron chi connectivity index (χ3n) is 2.93. The van der Waals surface area contributed by atoms with E-state index in [4.69, 9.17) is 0 Å². The lowest BCUT2D eigenvalue weighted by Crippen LogP contribution is -2.24. The molecule has 0 spiro atoms. The topological polar surface area (TPSA) is 83.6 Å². The van der Waals surface area contributed by atoms with Gasteiger partial charge in [0.1, 0.15) is 12.2 Å². The summed E-state index contributed by atoms with van der Waals surface area (Å²) in [5.74, 6) is 0.781. The van der Waals surface area contributed by atoms with E-state index in [1.54, 1.807) is 11.6 Å². The van der Waals surface area contributed by atoms with Crippen LogP contribution in [0.25, 0.3) is 10.2 Å². The second-order valence-electron chi connectivity index (χ2n) is 4.33. The number of hydrogen-bond acceptors (Lipinski definition) is 5. The molecule has 20 heavy (non-hydrogen) atoms. The van der Waals surface area contributed by atoms with Gasteiger partial charge in [-0.2, -0.15) is 5.10 Å². The molecule has 102 valence electrons. The number of nitrogens with one attached hydrogen (secondary N) is 2. The van der Waals surface area contributed by atoms with Gasteiger partial charge in [-0.3, -0.25) is 9.89 Å². The maximum absolute atomic E-state index is 12.0. The van der Waals surface area contributed by atoms with Gasteiger partial charge in [0, 0.05) is 18.5 Å². The van der Waals surface area contributed by atoms with Gasteiger partial charge >= 0.3 is 0 Å². The Balaban J connectivity index is 1.53. The zero-order chi connectivity index (χ0) is 13.8. The van der Waals surface area contributed by atoms with Crippen molar-refractivity contribution in [3.8, 4) is 0 Å². The molecule has 2 aromatic heterocycles. The number of amides is 1. The van der Waals surface area contributed by atoms with Crippen molar-refractivity contribution in [2.45, 2.75) is 12.8 Å². The van der Waals surface area contributed by atoms with Crippen molar-refractivity contribution in [3.63, 3.8) is 0 Å². The molecule has 0 atom stereocenters. The van der Waals surface area contributed by atoms with E-state index in [9.17, 15) is 4.79 Å². The number of aryl methyl sites for hydroxylation is 1. The van der Waals surface area contributed by atoms with Crippen molar-refractivity contribution in [3.05, 3.63) is 41.4 Å². The number of hydrogen-bond donors (Lipinski definition) is 2. The molecule has 0 bridgehead atoms. The van der Waals surface area contributed by atoms with Gasteiger partial charge < -0.3 is 5.32 Å². The molecular formula is C13H13N5OS. The molecule has 0 aliphatic carbocycles. The smallest absolute Gasteiger partial charge is 0.251 e. The maximum Gasteiger partial charge on any atom is 0.251 e. The predicted molar refractivity (Wildman–Crippen MR) is 76.7 cm³/mol. The standard InChI is InChI=1S/C13H13N5OS/c19-13(14-5-1-2-12-15-7-17-18-12)9-3-4-10-11(6-9)20-8-16-10/h3-4,6-8H,1-2,5H2,(H,14,19)(H,15,17,18). The Bertz CT molecular complexity index is 706. The summed E-state index contributed by atoms with van der Waals surface area (Å²) in [5.41, 5.74) is 3.38. The highest BCUT2D eigenvalue weighted by Crippen LogP contribution is 2.18. The summed E-state index contributed by atoms with van der Waals surface area (Å²) in [5, 5.41) is 9.48. The lowest BCUT2D eigenvalue weighted by Gasteiger charge is -2.04. The summed E-state index contributed by atoms with van der Waals surface area (Å²) in [6.45, 7) is 0.611. The van der Waals surface area contributed by atoms with Crippen LogP contribution in [0, 0.1) is 0 Å². The normalized spacial score (nSPS) is 10.8. The van der Waals surface area contributed by atoms with Crippen LogP contribution in [0.4, 0.5) is 0 Å². The van der Waals surface area contributed by atoms with Crippen LogP contribution in [0.15, 0.2) is 30.0 Å². The highest BCUT2D eigenvalue weighted by molar-refractivity contribution is 7.16. The fourth-order valence-corrected chi connectivity index (χ4v) is 2.62. The number of aromatic amines is 1. The van der Waals surface area contributed by atoms with E-state index in [0.29, 0.717) is 12.1 Å². The quantitative estimate of drug-likeness (QED) is 0.701. The molecule has 0 aliphatic heterocycles. The van der Waals surface area contributed by atoms with E-state index < -0.39 is 0 Å². The van der Waals surface area contributed by atoms with Gasteiger partial charge in [0.05, 0.1) is 15.7 Å². The molecule has 2 N–H and O–H groups in total. The lowest BCUT2D eigenvalue weighted by molar-refractivity contribution is 0.0953. The van der Waals surface area contributed by atoms with Gasteiger partial charge in [-0.1, -0.05) is 0 Å². The fraction of sp³-hybridized carbons (Fsp3) is 0.231. The first-order valence-corrected chi connectivity index (χ1v) is 7.16. The number of fused-ring (bicyclic) bond motifs is 1. The van der Waals surface area contributed by atoms with Crippen molar-refractivity contribution in [1.29, 1.82) is 0 Å². The van der Waals surface area contributed by atoms with Crippen LogP contribution in [0.5, 0.6) is 0 Å². The van der Waals surface area contributed by atoms with Crippen LogP contribution < -0.4 is 5.32 Å². The molecule has 0 aliphatic rings. The molecule has 0 unspecified atom stereocenters. The number of H-pyrrole nitrogens is 1. The molecule has 7 heteroatoms. The summed E-state index contributed by atoms with van der Waals surface area (Å²) in [6, 6.07) is 5.54. The van der Waals surface area contributed by atoms with Crippen molar-refractivity contribution >= 4 is 27.5 Å². The second kappa shape index (κ2) is 5.79. The SMILES string of the molecule is O=C(NCCCc1ncn[nH]1)c1ccc2ncsc2c1. The van der Waals surface area contributed by atoms with E-state index in [1.165, 1.54) is 17.7 Å². The number of thiazole rings is 1. The number of nitrogens with zero attached hydrogens (tertiary/aromatic N) is 3. The van der Waals surface area contributed by atoms with E-state index in [1.807, 2.05) is 12.1 Å². The summed E-state index contributed by atoms with van der Waals surface area (Å²) < 4.78 is 1.03. The minimum absolute atomic E-state index is 0.0575. The summed E-state index contributed by atoms with van der Waals surface area (Å²) >= 11 is 1.54. The van der Waals surface area contributed by atoms with Crippen molar-refractivity contribution in [1.82, 2.24) is 25.5 Å². The van der Waals surface area contributed by atoms with Gasteiger partial charge in [-0.05, 0) is 24.6 Å². The highest BCUT2D eigenvalue weighted by Gasteiger charge is 2.07. The Morgan fingerprint density at radius 3 is 3.15 bits per heavy atom. The molecular weight excluding hydrogens is 274 g/mol. The zero-order valence-corrected chi connectivity index (χ0v) is 11.5. The van der Waals surface area contributed by atoms with Gasteiger partial charge in [-0.15, -0.1) is 11.3 Å². The number of rotatable bonds is 5. The van der Waals surface area contributed by atoms with Crippen molar-refractivity contribution in [2.24, 2.45) is 0 Å². The Labute approximate surface area is 119 Å². The average Bonchev–Trinajstić information content (AvgIpc) is 3.13. The number of benzene rings is 1. The van der Waals surface area contributed by atoms with Crippen LogP contribution >= 0.6 is 11.3 Å².